The van der Waals surface area contributed by atoms with E-state index in [1.54, 1.807) is 22.6 Å². The van der Waals surface area contributed by atoms with Gasteiger partial charge in [-0.2, -0.15) is 0 Å². The SMILES string of the molecule is O=C(O)CCC(I)C(=O)O. The summed E-state index contributed by atoms with van der Waals surface area (Å²) in [5.41, 5.74) is 0. The van der Waals surface area contributed by atoms with Crippen molar-refractivity contribution in [2.75, 3.05) is 0 Å². The molecule has 58 valence electrons. The molecule has 2 N–H and O–H groups in total. The summed E-state index contributed by atoms with van der Waals surface area (Å²) < 4.78 is -0.589. The van der Waals surface area contributed by atoms with Gasteiger partial charge in [-0.1, -0.05) is 22.6 Å². The molecule has 0 aliphatic carbocycles. The average molecular weight is 258 g/mol. The smallest absolute Gasteiger partial charge is 0.316 e. The number of carboxylic acid groups (broad SMARTS) is 2. The van der Waals surface area contributed by atoms with E-state index in [9.17, 15) is 9.59 Å². The lowest BCUT2D eigenvalue weighted by Crippen LogP contribution is -2.13. The van der Waals surface area contributed by atoms with Gasteiger partial charge in [0, 0.05) is 6.42 Å². The average Bonchev–Trinajstić information content (AvgIpc) is 1.82. The zero-order chi connectivity index (χ0) is 8.15. The molecule has 10 heavy (non-hydrogen) atoms. The Balaban J connectivity index is 3.49. The minimum atomic E-state index is -0.957. The van der Waals surface area contributed by atoms with Crippen LogP contribution in [0.1, 0.15) is 12.8 Å². The Bertz CT molecular complexity index is 145. The van der Waals surface area contributed by atoms with Crippen molar-refractivity contribution in [1.82, 2.24) is 0 Å². The molecule has 5 heteroatoms. The third-order valence-electron chi connectivity index (χ3n) is 0.880. The van der Waals surface area contributed by atoms with E-state index >= 15 is 0 Å². The van der Waals surface area contributed by atoms with E-state index < -0.39 is 15.9 Å². The van der Waals surface area contributed by atoms with E-state index in [4.69, 9.17) is 10.2 Å². The van der Waals surface area contributed by atoms with Crippen LogP contribution >= 0.6 is 22.6 Å². The molecule has 0 aromatic rings. The minimum absolute atomic E-state index is 0.0834. The number of hydrogen-bond donors (Lipinski definition) is 2. The molecule has 0 aromatic heterocycles. The van der Waals surface area contributed by atoms with Gasteiger partial charge in [-0.15, -0.1) is 0 Å². The maximum Gasteiger partial charge on any atom is 0.316 e. The van der Waals surface area contributed by atoms with Crippen molar-refractivity contribution in [1.29, 1.82) is 0 Å². The molecule has 0 fully saturated rings. The number of aliphatic carboxylic acids is 2. The highest BCUT2D eigenvalue weighted by molar-refractivity contribution is 14.1. The number of hydrogen-bond acceptors (Lipinski definition) is 2. The Hall–Kier alpha value is -0.330. The predicted molar refractivity (Wildman–Crippen MR) is 42.3 cm³/mol. The molecule has 0 aliphatic rings. The van der Waals surface area contributed by atoms with Crippen LogP contribution in [0.2, 0.25) is 0 Å². The standard InChI is InChI=1S/C5H7IO4/c6-3(5(9)10)1-2-4(7)8/h3H,1-2H2,(H,7,8)(H,9,10). The first-order valence-corrected chi connectivity index (χ1v) is 3.87. The lowest BCUT2D eigenvalue weighted by Gasteiger charge is -1.99. The largest absolute Gasteiger partial charge is 0.481 e. The molecule has 0 heterocycles. The van der Waals surface area contributed by atoms with Crippen molar-refractivity contribution < 1.29 is 19.8 Å². The quantitative estimate of drug-likeness (QED) is 0.576. The Kier molecular flexibility index (Phi) is 4.33. The van der Waals surface area contributed by atoms with Crippen molar-refractivity contribution >= 4 is 34.5 Å². The van der Waals surface area contributed by atoms with Gasteiger partial charge in [0.05, 0.1) is 0 Å². The third-order valence-corrected chi connectivity index (χ3v) is 2.04. The molecule has 0 aromatic carbocycles. The van der Waals surface area contributed by atoms with E-state index in [2.05, 4.69) is 0 Å². The first-order chi connectivity index (χ1) is 4.54. The van der Waals surface area contributed by atoms with Gasteiger partial charge in [0.25, 0.3) is 0 Å². The van der Waals surface area contributed by atoms with E-state index in [0.717, 1.165) is 0 Å². The summed E-state index contributed by atoms with van der Waals surface area (Å²) in [4.78, 5) is 20.0. The molecular formula is C5H7IO4. The van der Waals surface area contributed by atoms with Gasteiger partial charge in [-0.3, -0.25) is 9.59 Å². The minimum Gasteiger partial charge on any atom is -0.481 e. The first kappa shape index (κ1) is 9.67. The number of halogens is 1. The van der Waals surface area contributed by atoms with Crippen LogP contribution < -0.4 is 0 Å². The van der Waals surface area contributed by atoms with E-state index in [1.807, 2.05) is 0 Å². The van der Waals surface area contributed by atoms with Crippen LogP contribution in [-0.4, -0.2) is 26.1 Å². The molecule has 4 nitrogen and oxygen atoms in total. The fourth-order valence-electron chi connectivity index (χ4n) is 0.374. The number of alkyl halides is 1. The van der Waals surface area contributed by atoms with E-state index in [-0.39, 0.29) is 12.8 Å². The molecule has 0 aliphatic heterocycles. The van der Waals surface area contributed by atoms with Gasteiger partial charge in [-0.25, -0.2) is 0 Å². The van der Waals surface area contributed by atoms with Crippen LogP contribution in [0.4, 0.5) is 0 Å². The fourth-order valence-corrected chi connectivity index (χ4v) is 0.685. The fraction of sp³-hybridized carbons (Fsp3) is 0.600. The van der Waals surface area contributed by atoms with Gasteiger partial charge < -0.3 is 10.2 Å². The highest BCUT2D eigenvalue weighted by Gasteiger charge is 2.13. The molecular weight excluding hydrogens is 251 g/mol. The van der Waals surface area contributed by atoms with Crippen molar-refractivity contribution in [3.05, 3.63) is 0 Å². The molecule has 0 radical (unpaired) electrons. The van der Waals surface area contributed by atoms with Gasteiger partial charge in [-0.05, 0) is 6.42 Å². The molecule has 0 bridgehead atoms. The molecule has 0 saturated carbocycles. The predicted octanol–water partition coefficient (Wildman–Crippen LogP) is 0.739. The van der Waals surface area contributed by atoms with E-state index in [0.29, 0.717) is 0 Å². The lowest BCUT2D eigenvalue weighted by molar-refractivity contribution is -0.138. The Labute approximate surface area is 71.4 Å². The van der Waals surface area contributed by atoms with Crippen LogP contribution in [0.15, 0.2) is 0 Å². The molecule has 0 amide bonds. The molecule has 0 saturated heterocycles. The summed E-state index contributed by atoms with van der Waals surface area (Å²) in [7, 11) is 0. The Morgan fingerprint density at radius 1 is 1.40 bits per heavy atom. The summed E-state index contributed by atoms with van der Waals surface area (Å²) in [6.45, 7) is 0. The zero-order valence-electron chi connectivity index (χ0n) is 5.08. The van der Waals surface area contributed by atoms with Gasteiger partial charge in [0.2, 0.25) is 0 Å². The van der Waals surface area contributed by atoms with Crippen LogP contribution in [0, 0.1) is 0 Å². The van der Waals surface area contributed by atoms with Crippen molar-refractivity contribution in [2.24, 2.45) is 0 Å². The second-order valence-electron chi connectivity index (χ2n) is 1.74. The second-order valence-corrected chi connectivity index (χ2v) is 3.24. The number of rotatable bonds is 4. The van der Waals surface area contributed by atoms with Crippen LogP contribution in [0.25, 0.3) is 0 Å². The molecule has 1 unspecified atom stereocenters. The summed E-state index contributed by atoms with van der Waals surface area (Å²) in [5.74, 6) is -1.91. The summed E-state index contributed by atoms with van der Waals surface area (Å²) in [6, 6.07) is 0. The lowest BCUT2D eigenvalue weighted by atomic mass is 10.2. The van der Waals surface area contributed by atoms with Crippen molar-refractivity contribution in [3.8, 4) is 0 Å². The zero-order valence-corrected chi connectivity index (χ0v) is 7.24. The molecule has 0 rings (SSSR count). The van der Waals surface area contributed by atoms with Crippen LogP contribution in [-0.2, 0) is 9.59 Å². The van der Waals surface area contributed by atoms with Gasteiger partial charge >= 0.3 is 11.9 Å². The van der Waals surface area contributed by atoms with Crippen LogP contribution in [0.3, 0.4) is 0 Å². The van der Waals surface area contributed by atoms with Crippen molar-refractivity contribution in [2.45, 2.75) is 16.8 Å². The van der Waals surface area contributed by atoms with Gasteiger partial charge in [0.15, 0.2) is 0 Å². The van der Waals surface area contributed by atoms with Gasteiger partial charge in [0.1, 0.15) is 3.92 Å². The highest BCUT2D eigenvalue weighted by Crippen LogP contribution is 2.08. The number of carbonyl (C=O) groups is 2. The van der Waals surface area contributed by atoms with Crippen molar-refractivity contribution in [3.63, 3.8) is 0 Å². The monoisotopic (exact) mass is 258 g/mol. The first-order valence-electron chi connectivity index (χ1n) is 2.62. The molecule has 0 spiro atoms. The summed E-state index contributed by atoms with van der Waals surface area (Å²) in [6.07, 6.45) is 0.102. The Morgan fingerprint density at radius 2 is 1.90 bits per heavy atom. The van der Waals surface area contributed by atoms with Crippen LogP contribution in [0.5, 0.6) is 0 Å². The number of carboxylic acids is 2. The summed E-state index contributed by atoms with van der Waals surface area (Å²) in [5, 5.41) is 16.4. The second kappa shape index (κ2) is 4.48. The Morgan fingerprint density at radius 3 is 2.20 bits per heavy atom. The molecule has 1 atom stereocenters. The third kappa shape index (κ3) is 4.54. The topological polar surface area (TPSA) is 74.6 Å². The maximum atomic E-state index is 10.1. The summed E-state index contributed by atoms with van der Waals surface area (Å²) >= 11 is 1.70. The van der Waals surface area contributed by atoms with E-state index in [1.165, 1.54) is 0 Å². The maximum absolute atomic E-state index is 10.1. The normalized spacial score (nSPS) is 12.5. The highest BCUT2D eigenvalue weighted by atomic mass is 127.